The highest BCUT2D eigenvalue weighted by molar-refractivity contribution is 5.77. The number of imidazole rings is 1. The quantitative estimate of drug-likeness (QED) is 0.469. The summed E-state index contributed by atoms with van der Waals surface area (Å²) in [5.74, 6) is -0.730. The summed E-state index contributed by atoms with van der Waals surface area (Å²) < 4.78 is 69.1. The summed E-state index contributed by atoms with van der Waals surface area (Å²) in [6, 6.07) is 8.38. The normalized spacial score (nSPS) is 15.2. The Labute approximate surface area is 193 Å². The van der Waals surface area contributed by atoms with Crippen LogP contribution >= 0.6 is 0 Å². The van der Waals surface area contributed by atoms with Gasteiger partial charge in [0.25, 0.3) is 0 Å². The predicted octanol–water partition coefficient (Wildman–Crippen LogP) is 5.61. The Hall–Kier alpha value is -3.40. The van der Waals surface area contributed by atoms with Gasteiger partial charge >= 0.3 is 6.18 Å². The van der Waals surface area contributed by atoms with Crippen molar-refractivity contribution in [1.29, 1.82) is 0 Å². The second-order valence-corrected chi connectivity index (χ2v) is 8.59. The fraction of sp³-hybridized carbons (Fsp3) is 0.292. The van der Waals surface area contributed by atoms with Gasteiger partial charge in [0.15, 0.2) is 0 Å². The van der Waals surface area contributed by atoms with Crippen molar-refractivity contribution in [1.82, 2.24) is 14.5 Å². The van der Waals surface area contributed by atoms with Crippen LogP contribution in [0.3, 0.4) is 0 Å². The van der Waals surface area contributed by atoms with E-state index in [1.807, 2.05) is 23.3 Å². The minimum atomic E-state index is -4.84. The molecule has 0 bridgehead atoms. The molecule has 2 aromatic carbocycles. The van der Waals surface area contributed by atoms with Gasteiger partial charge in [-0.25, -0.2) is 13.8 Å². The fourth-order valence-electron chi connectivity index (χ4n) is 4.29. The van der Waals surface area contributed by atoms with Crippen molar-refractivity contribution in [3.8, 4) is 11.3 Å². The van der Waals surface area contributed by atoms with Gasteiger partial charge in [0.05, 0.1) is 11.1 Å². The van der Waals surface area contributed by atoms with Gasteiger partial charge in [0, 0.05) is 36.6 Å². The lowest BCUT2D eigenvalue weighted by Gasteiger charge is -2.44. The minimum Gasteiger partial charge on any atom is -0.360 e. The first-order valence-corrected chi connectivity index (χ1v) is 10.6. The molecule has 0 aliphatic carbocycles. The van der Waals surface area contributed by atoms with E-state index in [1.54, 1.807) is 12.1 Å². The standard InChI is InChI=1S/C24H24F5N5/c1-14(13-30)34-11-10-33-21(31-17-8-9-19(26)18(12-17)24(27,28)29)20(32-22(33)23(34,2)3)15-4-6-16(25)7-5-15/h4-9,12,31H,1,10-11,13,30H2,2-3H3. The number of fused-ring (bicyclic) bond motifs is 1. The summed E-state index contributed by atoms with van der Waals surface area (Å²) >= 11 is 0. The SMILES string of the molecule is C=C(CN)N1CCn2c(nc(-c3ccc(F)cc3)c2Nc2ccc(F)c(C(F)(F)F)c2)C1(C)C. The van der Waals surface area contributed by atoms with Crippen LogP contribution < -0.4 is 11.1 Å². The molecule has 0 atom stereocenters. The maximum absolute atomic E-state index is 13.8. The largest absolute Gasteiger partial charge is 0.419 e. The van der Waals surface area contributed by atoms with E-state index in [9.17, 15) is 22.0 Å². The van der Waals surface area contributed by atoms with Gasteiger partial charge in [-0.05, 0) is 56.3 Å². The Balaban J connectivity index is 1.87. The number of alkyl halides is 3. The first-order valence-electron chi connectivity index (χ1n) is 10.6. The summed E-state index contributed by atoms with van der Waals surface area (Å²) in [5, 5.41) is 3.00. The zero-order valence-corrected chi connectivity index (χ0v) is 18.7. The molecule has 3 aromatic rings. The van der Waals surface area contributed by atoms with Gasteiger partial charge in [-0.3, -0.25) is 0 Å². The number of anilines is 2. The molecule has 0 saturated heterocycles. The maximum atomic E-state index is 13.8. The second-order valence-electron chi connectivity index (χ2n) is 8.59. The van der Waals surface area contributed by atoms with Crippen molar-refractivity contribution in [2.24, 2.45) is 5.73 Å². The van der Waals surface area contributed by atoms with Crippen molar-refractivity contribution < 1.29 is 22.0 Å². The van der Waals surface area contributed by atoms with Crippen LogP contribution in [0, 0.1) is 11.6 Å². The van der Waals surface area contributed by atoms with Crippen LogP contribution in [-0.2, 0) is 18.3 Å². The Morgan fingerprint density at radius 2 is 1.79 bits per heavy atom. The third-order valence-corrected chi connectivity index (χ3v) is 6.01. The predicted molar refractivity (Wildman–Crippen MR) is 120 cm³/mol. The highest BCUT2D eigenvalue weighted by atomic mass is 19.4. The zero-order chi connectivity index (χ0) is 24.8. The molecule has 1 aliphatic rings. The van der Waals surface area contributed by atoms with Gasteiger partial charge in [-0.1, -0.05) is 6.58 Å². The number of halogens is 5. The third-order valence-electron chi connectivity index (χ3n) is 6.01. The highest BCUT2D eigenvalue weighted by Crippen LogP contribution is 2.41. The molecule has 0 unspecified atom stereocenters. The number of aromatic nitrogens is 2. The molecular weight excluding hydrogens is 453 g/mol. The Kier molecular flexibility index (Phi) is 5.89. The Morgan fingerprint density at radius 1 is 1.12 bits per heavy atom. The lowest BCUT2D eigenvalue weighted by atomic mass is 9.98. The van der Waals surface area contributed by atoms with Crippen LogP contribution in [0.25, 0.3) is 11.3 Å². The molecule has 2 heterocycles. The highest BCUT2D eigenvalue weighted by Gasteiger charge is 2.40. The van der Waals surface area contributed by atoms with E-state index in [2.05, 4.69) is 11.9 Å². The van der Waals surface area contributed by atoms with E-state index < -0.39 is 28.9 Å². The summed E-state index contributed by atoms with van der Waals surface area (Å²) in [5.41, 5.74) is 5.58. The molecule has 0 fully saturated rings. The smallest absolute Gasteiger partial charge is 0.360 e. The summed E-state index contributed by atoms with van der Waals surface area (Å²) in [6.07, 6.45) is -4.84. The van der Waals surface area contributed by atoms with Crippen molar-refractivity contribution in [3.05, 3.63) is 77.8 Å². The minimum absolute atomic E-state index is 0.0476. The number of nitrogens with two attached hydrogens (primary N) is 1. The van der Waals surface area contributed by atoms with Crippen LogP contribution in [-0.4, -0.2) is 27.5 Å². The van der Waals surface area contributed by atoms with Crippen molar-refractivity contribution in [2.75, 3.05) is 18.4 Å². The van der Waals surface area contributed by atoms with E-state index in [0.29, 0.717) is 36.0 Å². The van der Waals surface area contributed by atoms with Crippen LogP contribution in [0.1, 0.15) is 25.2 Å². The van der Waals surface area contributed by atoms with Gasteiger partial charge in [0.2, 0.25) is 0 Å². The monoisotopic (exact) mass is 477 g/mol. The summed E-state index contributed by atoms with van der Waals surface area (Å²) in [6.45, 7) is 9.18. The average Bonchev–Trinajstić information content (AvgIpc) is 3.14. The average molecular weight is 477 g/mol. The maximum Gasteiger partial charge on any atom is 0.419 e. The number of hydrogen-bond donors (Lipinski definition) is 2. The molecule has 0 amide bonds. The number of rotatable bonds is 5. The zero-order valence-electron chi connectivity index (χ0n) is 18.7. The first kappa shape index (κ1) is 23.7. The number of nitrogens with one attached hydrogen (secondary N) is 1. The summed E-state index contributed by atoms with van der Waals surface area (Å²) in [4.78, 5) is 6.85. The molecule has 0 radical (unpaired) electrons. The van der Waals surface area contributed by atoms with E-state index in [0.717, 1.165) is 17.8 Å². The molecule has 34 heavy (non-hydrogen) atoms. The van der Waals surface area contributed by atoms with E-state index in [1.165, 1.54) is 18.2 Å². The molecular formula is C24H24F5N5. The van der Waals surface area contributed by atoms with E-state index in [4.69, 9.17) is 10.7 Å². The van der Waals surface area contributed by atoms with Crippen LogP contribution in [0.5, 0.6) is 0 Å². The third kappa shape index (κ3) is 4.13. The lowest BCUT2D eigenvalue weighted by molar-refractivity contribution is -0.139. The van der Waals surface area contributed by atoms with Gasteiger partial charge < -0.3 is 20.5 Å². The second kappa shape index (κ2) is 8.43. The fourth-order valence-corrected chi connectivity index (χ4v) is 4.29. The molecule has 180 valence electrons. The van der Waals surface area contributed by atoms with Crippen LogP contribution in [0.15, 0.2) is 54.7 Å². The van der Waals surface area contributed by atoms with Crippen LogP contribution in [0.4, 0.5) is 33.5 Å². The van der Waals surface area contributed by atoms with Crippen molar-refractivity contribution in [2.45, 2.75) is 32.1 Å². The molecule has 3 N–H and O–H groups in total. The molecule has 0 saturated carbocycles. The van der Waals surface area contributed by atoms with Gasteiger partial charge in [0.1, 0.15) is 29.0 Å². The molecule has 4 rings (SSSR count). The number of hydrogen-bond acceptors (Lipinski definition) is 4. The van der Waals surface area contributed by atoms with Gasteiger partial charge in [-0.15, -0.1) is 0 Å². The molecule has 1 aromatic heterocycles. The Bertz CT molecular complexity index is 1230. The number of nitrogens with zero attached hydrogens (tertiary/aromatic N) is 3. The van der Waals surface area contributed by atoms with Crippen molar-refractivity contribution in [3.63, 3.8) is 0 Å². The Morgan fingerprint density at radius 3 is 2.41 bits per heavy atom. The molecule has 0 spiro atoms. The number of benzene rings is 2. The van der Waals surface area contributed by atoms with E-state index in [-0.39, 0.29) is 12.2 Å². The summed E-state index contributed by atoms with van der Waals surface area (Å²) in [7, 11) is 0. The topological polar surface area (TPSA) is 59.1 Å². The van der Waals surface area contributed by atoms with Crippen LogP contribution in [0.2, 0.25) is 0 Å². The first-order chi connectivity index (χ1) is 15.9. The molecule has 1 aliphatic heterocycles. The molecule has 5 nitrogen and oxygen atoms in total. The van der Waals surface area contributed by atoms with E-state index >= 15 is 0 Å². The van der Waals surface area contributed by atoms with Gasteiger partial charge in [-0.2, -0.15) is 13.2 Å². The lowest BCUT2D eigenvalue weighted by Crippen LogP contribution is -2.49. The van der Waals surface area contributed by atoms with Crippen molar-refractivity contribution >= 4 is 11.5 Å². The molecule has 10 heteroatoms.